The van der Waals surface area contributed by atoms with Gasteiger partial charge in [-0.2, -0.15) is 5.10 Å². The highest BCUT2D eigenvalue weighted by Gasteiger charge is 2.62. The highest BCUT2D eigenvalue weighted by Crippen LogP contribution is 2.49. The number of amides is 1. The van der Waals surface area contributed by atoms with Gasteiger partial charge < -0.3 is 14.7 Å². The lowest BCUT2D eigenvalue weighted by Crippen LogP contribution is -2.54. The van der Waals surface area contributed by atoms with E-state index in [1.54, 1.807) is 12.4 Å². The van der Waals surface area contributed by atoms with Crippen molar-refractivity contribution in [1.29, 1.82) is 0 Å². The van der Waals surface area contributed by atoms with Gasteiger partial charge in [0.2, 0.25) is 5.91 Å². The van der Waals surface area contributed by atoms with Gasteiger partial charge in [-0.1, -0.05) is 0 Å². The molecule has 0 aliphatic carbocycles. The number of hydrogen-bond donors (Lipinski definition) is 1. The molecule has 3 fully saturated rings. The van der Waals surface area contributed by atoms with Crippen molar-refractivity contribution < 1.29 is 14.6 Å². The molecule has 4 atom stereocenters. The molecule has 3 aliphatic rings. The minimum absolute atomic E-state index is 0.0125. The van der Waals surface area contributed by atoms with Crippen LogP contribution in [0.5, 0.6) is 0 Å². The second kappa shape index (κ2) is 7.69. The molecular formula is C23H31N5O3. The summed E-state index contributed by atoms with van der Waals surface area (Å²) in [6, 6.07) is 3.77. The third-order valence-corrected chi connectivity index (χ3v) is 7.57. The number of carbonyl (C=O) groups excluding carboxylic acids is 1. The molecule has 0 aromatic carbocycles. The average Bonchev–Trinajstić information content (AvgIpc) is 3.28. The molecule has 2 aromatic rings. The summed E-state index contributed by atoms with van der Waals surface area (Å²) in [7, 11) is 1.98. The fraction of sp³-hybridized carbons (Fsp3) is 0.609. The van der Waals surface area contributed by atoms with Gasteiger partial charge >= 0.3 is 0 Å². The molecule has 1 spiro atoms. The minimum atomic E-state index is -0.395. The van der Waals surface area contributed by atoms with Gasteiger partial charge in [0.05, 0.1) is 24.8 Å². The molecule has 166 valence electrons. The second-order valence-corrected chi connectivity index (χ2v) is 9.42. The zero-order chi connectivity index (χ0) is 21.8. The molecule has 8 heteroatoms. The highest BCUT2D eigenvalue weighted by molar-refractivity contribution is 5.79. The molecule has 5 heterocycles. The SMILES string of the molecule is Cc1nn(C)c(C)c1CN1C[C@H]2O[C@]3(C1)CN(C(=O)Cc1ccncc1)C[C@@H]3[C@@H]2CO. The Morgan fingerprint density at radius 1 is 1.26 bits per heavy atom. The first kappa shape index (κ1) is 20.6. The molecule has 0 saturated carbocycles. The average molecular weight is 426 g/mol. The Morgan fingerprint density at radius 3 is 2.71 bits per heavy atom. The number of morpholine rings is 1. The third-order valence-electron chi connectivity index (χ3n) is 7.57. The lowest BCUT2D eigenvalue weighted by Gasteiger charge is -2.40. The van der Waals surface area contributed by atoms with Crippen LogP contribution in [0.25, 0.3) is 0 Å². The fourth-order valence-electron chi connectivity index (χ4n) is 5.89. The maximum Gasteiger partial charge on any atom is 0.227 e. The Kier molecular flexibility index (Phi) is 5.11. The predicted molar refractivity (Wildman–Crippen MR) is 114 cm³/mol. The molecule has 3 aliphatic heterocycles. The zero-order valence-electron chi connectivity index (χ0n) is 18.5. The van der Waals surface area contributed by atoms with E-state index >= 15 is 0 Å². The van der Waals surface area contributed by atoms with Crippen molar-refractivity contribution in [3.05, 3.63) is 47.0 Å². The lowest BCUT2D eigenvalue weighted by molar-refractivity contribution is -0.138. The Hall–Kier alpha value is -2.29. The van der Waals surface area contributed by atoms with E-state index in [2.05, 4.69) is 28.8 Å². The zero-order valence-corrected chi connectivity index (χ0v) is 18.5. The molecule has 31 heavy (non-hydrogen) atoms. The van der Waals surface area contributed by atoms with Gasteiger partial charge in [0, 0.05) is 75.3 Å². The number of nitrogens with zero attached hydrogens (tertiary/aromatic N) is 5. The summed E-state index contributed by atoms with van der Waals surface area (Å²) in [6.07, 6.45) is 3.82. The monoisotopic (exact) mass is 425 g/mol. The molecule has 2 bridgehead atoms. The van der Waals surface area contributed by atoms with Crippen LogP contribution >= 0.6 is 0 Å². The number of carbonyl (C=O) groups is 1. The Morgan fingerprint density at radius 2 is 2.03 bits per heavy atom. The van der Waals surface area contributed by atoms with Crippen LogP contribution < -0.4 is 0 Å². The van der Waals surface area contributed by atoms with Crippen LogP contribution in [-0.2, 0) is 29.5 Å². The van der Waals surface area contributed by atoms with Gasteiger partial charge in [0.25, 0.3) is 0 Å². The van der Waals surface area contributed by atoms with Crippen molar-refractivity contribution in [2.45, 2.75) is 38.5 Å². The van der Waals surface area contributed by atoms with E-state index in [1.807, 2.05) is 28.8 Å². The molecule has 8 nitrogen and oxygen atoms in total. The van der Waals surface area contributed by atoms with Gasteiger partial charge in [-0.3, -0.25) is 19.4 Å². The summed E-state index contributed by atoms with van der Waals surface area (Å²) in [5.74, 6) is 0.354. The van der Waals surface area contributed by atoms with Gasteiger partial charge in [-0.05, 0) is 31.5 Å². The van der Waals surface area contributed by atoms with Gasteiger partial charge in [0.1, 0.15) is 5.60 Å². The number of aliphatic hydroxyl groups excluding tert-OH is 1. The summed E-state index contributed by atoms with van der Waals surface area (Å²) >= 11 is 0. The van der Waals surface area contributed by atoms with E-state index in [1.165, 1.54) is 11.3 Å². The van der Waals surface area contributed by atoms with E-state index in [-0.39, 0.29) is 30.5 Å². The van der Waals surface area contributed by atoms with Crippen LogP contribution in [0.4, 0.5) is 0 Å². The van der Waals surface area contributed by atoms with Crippen molar-refractivity contribution in [1.82, 2.24) is 24.6 Å². The van der Waals surface area contributed by atoms with Crippen LogP contribution in [0, 0.1) is 25.7 Å². The molecule has 2 aromatic heterocycles. The predicted octanol–water partition coefficient (Wildman–Crippen LogP) is 0.695. The van der Waals surface area contributed by atoms with Crippen LogP contribution in [0.2, 0.25) is 0 Å². The summed E-state index contributed by atoms with van der Waals surface area (Å²) in [5.41, 5.74) is 4.09. The van der Waals surface area contributed by atoms with Crippen molar-refractivity contribution in [3.63, 3.8) is 0 Å². The Bertz CT molecular complexity index is 977. The quantitative estimate of drug-likeness (QED) is 0.759. The first-order valence-corrected chi connectivity index (χ1v) is 11.1. The van der Waals surface area contributed by atoms with E-state index in [0.29, 0.717) is 19.5 Å². The standard InChI is InChI=1S/C23H31N5O3/c1-15-18(16(2)26(3)25-15)9-27-11-21-19(12-29)20-10-28(14-23(20,13-27)31-21)22(30)8-17-4-6-24-7-5-17/h4-7,19-21,29H,8-14H2,1-3H3/t19-,20+,21+,23+/m0/s1. The van der Waals surface area contributed by atoms with Crippen molar-refractivity contribution >= 4 is 5.91 Å². The van der Waals surface area contributed by atoms with Crippen molar-refractivity contribution in [2.24, 2.45) is 18.9 Å². The number of rotatable bonds is 5. The van der Waals surface area contributed by atoms with Gasteiger partial charge in [0.15, 0.2) is 0 Å². The number of ether oxygens (including phenoxy) is 1. The molecule has 3 saturated heterocycles. The molecule has 1 amide bonds. The van der Waals surface area contributed by atoms with Crippen molar-refractivity contribution in [3.8, 4) is 0 Å². The molecule has 5 rings (SSSR count). The summed E-state index contributed by atoms with van der Waals surface area (Å²) < 4.78 is 8.49. The van der Waals surface area contributed by atoms with Crippen LogP contribution in [-0.4, -0.2) is 80.1 Å². The molecule has 0 radical (unpaired) electrons. The maximum absolute atomic E-state index is 13.0. The number of aromatic nitrogens is 3. The van der Waals surface area contributed by atoms with E-state index in [0.717, 1.165) is 30.9 Å². The number of aliphatic hydroxyl groups is 1. The maximum atomic E-state index is 13.0. The van der Waals surface area contributed by atoms with E-state index in [4.69, 9.17) is 4.74 Å². The Balaban J connectivity index is 1.34. The second-order valence-electron chi connectivity index (χ2n) is 9.42. The number of fused-ring (bicyclic) bond motifs is 1. The minimum Gasteiger partial charge on any atom is -0.396 e. The lowest BCUT2D eigenvalue weighted by atomic mass is 9.83. The van der Waals surface area contributed by atoms with Crippen molar-refractivity contribution in [2.75, 3.05) is 32.8 Å². The van der Waals surface area contributed by atoms with E-state index in [9.17, 15) is 9.90 Å². The number of hydrogen-bond acceptors (Lipinski definition) is 6. The summed E-state index contributed by atoms with van der Waals surface area (Å²) in [6.45, 7) is 7.92. The van der Waals surface area contributed by atoms with Gasteiger partial charge in [-0.25, -0.2) is 0 Å². The third kappa shape index (κ3) is 3.46. The molecule has 1 N–H and O–H groups in total. The number of likely N-dealkylation sites (tertiary alicyclic amines) is 2. The van der Waals surface area contributed by atoms with Crippen LogP contribution in [0.3, 0.4) is 0 Å². The Labute approximate surface area is 182 Å². The van der Waals surface area contributed by atoms with Gasteiger partial charge in [-0.15, -0.1) is 0 Å². The van der Waals surface area contributed by atoms with Crippen LogP contribution in [0.15, 0.2) is 24.5 Å². The first-order chi connectivity index (χ1) is 14.9. The number of pyridine rings is 1. The summed E-state index contributed by atoms with van der Waals surface area (Å²) in [4.78, 5) is 21.4. The molecule has 0 unspecified atom stereocenters. The first-order valence-electron chi connectivity index (χ1n) is 11.1. The largest absolute Gasteiger partial charge is 0.396 e. The number of aryl methyl sites for hydroxylation is 2. The van der Waals surface area contributed by atoms with E-state index < -0.39 is 5.60 Å². The molecular weight excluding hydrogens is 394 g/mol. The topological polar surface area (TPSA) is 83.7 Å². The smallest absolute Gasteiger partial charge is 0.227 e. The van der Waals surface area contributed by atoms with Crippen LogP contribution in [0.1, 0.15) is 22.5 Å². The normalized spacial score (nSPS) is 30.1. The highest BCUT2D eigenvalue weighted by atomic mass is 16.5. The fourth-order valence-corrected chi connectivity index (χ4v) is 5.89. The summed E-state index contributed by atoms with van der Waals surface area (Å²) in [5, 5.41) is 14.7.